The van der Waals surface area contributed by atoms with Crippen LogP contribution in [-0.4, -0.2) is 57.9 Å². The zero-order valence-corrected chi connectivity index (χ0v) is 14.8. The molecule has 0 aliphatic carbocycles. The number of carbonyl (C=O) groups is 2. The van der Waals surface area contributed by atoms with Gasteiger partial charge in [-0.2, -0.15) is 0 Å². The minimum absolute atomic E-state index is 0.0230. The van der Waals surface area contributed by atoms with Gasteiger partial charge in [0.2, 0.25) is 0 Å². The quantitative estimate of drug-likeness (QED) is 0.352. The second-order valence-electron chi connectivity index (χ2n) is 6.67. The van der Waals surface area contributed by atoms with Gasteiger partial charge in [0.25, 0.3) is 17.5 Å². The number of amides is 2. The maximum Gasteiger partial charge on any atom is 0.278 e. The van der Waals surface area contributed by atoms with Crippen LogP contribution < -0.4 is 0 Å². The molecule has 142 valence electrons. The predicted octanol–water partition coefficient (Wildman–Crippen LogP) is 1.56. The third kappa shape index (κ3) is 3.48. The van der Waals surface area contributed by atoms with Crippen LogP contribution in [-0.2, 0) is 9.59 Å². The molecular weight excluding hydrogens is 350 g/mol. The van der Waals surface area contributed by atoms with E-state index in [9.17, 15) is 24.8 Å². The number of hydrogen-bond donors (Lipinski definition) is 1. The van der Waals surface area contributed by atoms with Gasteiger partial charge in [0, 0.05) is 38.4 Å². The van der Waals surface area contributed by atoms with Gasteiger partial charge in [-0.05, 0) is 36.5 Å². The molecule has 1 unspecified atom stereocenters. The molecule has 0 spiro atoms. The van der Waals surface area contributed by atoms with E-state index in [1.54, 1.807) is 0 Å². The number of likely N-dealkylation sites (tertiary alicyclic amines) is 1. The van der Waals surface area contributed by atoms with Crippen molar-refractivity contribution >= 4 is 23.1 Å². The Morgan fingerprint density at radius 1 is 1.26 bits per heavy atom. The second kappa shape index (κ2) is 7.71. The highest BCUT2D eigenvalue weighted by Crippen LogP contribution is 2.34. The fraction of sp³-hybridized carbons (Fsp3) is 0.368. The molecule has 3 rings (SSSR count). The van der Waals surface area contributed by atoms with Gasteiger partial charge in [-0.3, -0.25) is 24.6 Å². The molecular formula is C19H21N3O5. The number of carbonyl (C=O) groups excluding carboxylic acids is 2. The molecule has 0 bridgehead atoms. The van der Waals surface area contributed by atoms with Gasteiger partial charge in [-0.25, -0.2) is 0 Å². The lowest BCUT2D eigenvalue weighted by molar-refractivity contribution is -0.384. The lowest BCUT2D eigenvalue weighted by Gasteiger charge is -2.34. The average molecular weight is 371 g/mol. The smallest absolute Gasteiger partial charge is 0.278 e. The fourth-order valence-corrected chi connectivity index (χ4v) is 3.58. The van der Waals surface area contributed by atoms with Crippen molar-refractivity contribution in [1.82, 2.24) is 9.80 Å². The molecule has 8 heteroatoms. The molecule has 2 amide bonds. The molecule has 27 heavy (non-hydrogen) atoms. The average Bonchev–Trinajstić information content (AvgIpc) is 2.93. The monoisotopic (exact) mass is 371 g/mol. The first-order valence-corrected chi connectivity index (χ1v) is 8.80. The third-order valence-corrected chi connectivity index (χ3v) is 4.92. The van der Waals surface area contributed by atoms with Crippen molar-refractivity contribution in [3.05, 3.63) is 58.3 Å². The Labute approximate surface area is 156 Å². The van der Waals surface area contributed by atoms with E-state index < -0.39 is 16.7 Å². The van der Waals surface area contributed by atoms with E-state index in [1.807, 2.05) is 4.90 Å². The number of nitrogens with zero attached hydrogens (tertiary/aromatic N) is 3. The normalized spacial score (nSPS) is 20.4. The maximum absolute atomic E-state index is 12.9. The largest absolute Gasteiger partial charge is 0.396 e. The molecule has 1 aromatic rings. The Bertz CT molecular complexity index is 815. The van der Waals surface area contributed by atoms with Crippen molar-refractivity contribution in [3.63, 3.8) is 0 Å². The van der Waals surface area contributed by atoms with Crippen LogP contribution in [0.15, 0.2) is 42.6 Å². The Hall–Kier alpha value is -3.00. The van der Waals surface area contributed by atoms with E-state index >= 15 is 0 Å². The van der Waals surface area contributed by atoms with E-state index in [4.69, 9.17) is 0 Å². The van der Waals surface area contributed by atoms with E-state index in [-0.39, 0.29) is 30.3 Å². The molecule has 1 fully saturated rings. The summed E-state index contributed by atoms with van der Waals surface area (Å²) in [6.45, 7) is 4.82. The fourth-order valence-electron chi connectivity index (χ4n) is 3.58. The summed E-state index contributed by atoms with van der Waals surface area (Å²) in [7, 11) is 0. The van der Waals surface area contributed by atoms with Crippen LogP contribution in [0.2, 0.25) is 0 Å². The van der Waals surface area contributed by atoms with Crippen molar-refractivity contribution in [2.24, 2.45) is 5.92 Å². The molecule has 2 heterocycles. The zero-order valence-electron chi connectivity index (χ0n) is 14.8. The van der Waals surface area contributed by atoms with Crippen LogP contribution in [0.25, 0.3) is 5.57 Å². The van der Waals surface area contributed by atoms with E-state index in [2.05, 4.69) is 6.58 Å². The van der Waals surface area contributed by atoms with Crippen LogP contribution in [0.5, 0.6) is 0 Å². The molecule has 0 radical (unpaired) electrons. The molecule has 8 nitrogen and oxygen atoms in total. The Morgan fingerprint density at radius 3 is 2.56 bits per heavy atom. The summed E-state index contributed by atoms with van der Waals surface area (Å²) in [5.41, 5.74) is 0.926. The minimum atomic E-state index is -0.513. The van der Waals surface area contributed by atoms with Gasteiger partial charge in [0.15, 0.2) is 0 Å². The number of imide groups is 1. The number of benzene rings is 1. The second-order valence-corrected chi connectivity index (χ2v) is 6.67. The maximum atomic E-state index is 12.9. The first kappa shape index (κ1) is 18.8. The number of non-ortho nitro benzene ring substituents is 1. The number of nitro groups is 1. The van der Waals surface area contributed by atoms with E-state index in [0.29, 0.717) is 24.4 Å². The third-order valence-electron chi connectivity index (χ3n) is 4.92. The Morgan fingerprint density at radius 2 is 1.96 bits per heavy atom. The van der Waals surface area contributed by atoms with Gasteiger partial charge in [0.1, 0.15) is 5.70 Å². The van der Waals surface area contributed by atoms with Crippen molar-refractivity contribution in [1.29, 1.82) is 0 Å². The summed E-state index contributed by atoms with van der Waals surface area (Å²) in [5, 5.41) is 20.4. The number of aliphatic hydroxyl groups excluding tert-OH is 1. The van der Waals surface area contributed by atoms with Gasteiger partial charge in [-0.15, -0.1) is 6.58 Å². The standard InChI is InChI=1S/C19H21N3O5/c1-2-9-21-18(24)16(14-5-7-15(8-6-14)22(26)27)17(19(21)25)20-10-3-4-13(11-20)12-23/h2,5-8,13,23H,1,3-4,9-12H2. The highest BCUT2D eigenvalue weighted by atomic mass is 16.6. The molecule has 0 saturated carbocycles. The van der Waals surface area contributed by atoms with Crippen LogP contribution in [0.4, 0.5) is 5.69 Å². The van der Waals surface area contributed by atoms with Crippen LogP contribution in [0.1, 0.15) is 18.4 Å². The van der Waals surface area contributed by atoms with Crippen molar-refractivity contribution in [2.45, 2.75) is 12.8 Å². The Kier molecular flexibility index (Phi) is 5.36. The number of hydrogen-bond acceptors (Lipinski definition) is 6. The van der Waals surface area contributed by atoms with Crippen LogP contribution in [0.3, 0.4) is 0 Å². The van der Waals surface area contributed by atoms with Crippen molar-refractivity contribution in [2.75, 3.05) is 26.2 Å². The highest BCUT2D eigenvalue weighted by molar-refractivity contribution is 6.35. The number of aliphatic hydroxyl groups is 1. The van der Waals surface area contributed by atoms with E-state index in [0.717, 1.165) is 17.7 Å². The Balaban J connectivity index is 2.05. The van der Waals surface area contributed by atoms with E-state index in [1.165, 1.54) is 30.3 Å². The lowest BCUT2D eigenvalue weighted by atomic mass is 9.97. The zero-order chi connectivity index (χ0) is 19.6. The molecule has 0 aromatic heterocycles. The molecule has 1 saturated heterocycles. The summed E-state index contributed by atoms with van der Waals surface area (Å²) < 4.78 is 0. The van der Waals surface area contributed by atoms with Crippen molar-refractivity contribution < 1.29 is 19.6 Å². The van der Waals surface area contributed by atoms with Gasteiger partial charge < -0.3 is 10.0 Å². The molecule has 1 atom stereocenters. The number of piperidine rings is 1. The molecule has 1 aromatic carbocycles. The SMILES string of the molecule is C=CCN1C(=O)C(c2ccc([N+](=O)[O-])cc2)=C(N2CCCC(CO)C2)C1=O. The van der Waals surface area contributed by atoms with Gasteiger partial charge in [0.05, 0.1) is 10.5 Å². The lowest BCUT2D eigenvalue weighted by Crippen LogP contribution is -2.40. The highest BCUT2D eigenvalue weighted by Gasteiger charge is 2.42. The number of rotatable bonds is 6. The minimum Gasteiger partial charge on any atom is -0.396 e. The number of nitro benzene ring substituents is 1. The van der Waals surface area contributed by atoms with Crippen molar-refractivity contribution in [3.8, 4) is 0 Å². The summed E-state index contributed by atoms with van der Waals surface area (Å²) in [4.78, 5) is 39.2. The first-order valence-electron chi connectivity index (χ1n) is 8.80. The van der Waals surface area contributed by atoms with Crippen LogP contribution >= 0.6 is 0 Å². The summed E-state index contributed by atoms with van der Waals surface area (Å²) in [6.07, 6.45) is 3.16. The topological polar surface area (TPSA) is 104 Å². The molecule has 1 N–H and O–H groups in total. The predicted molar refractivity (Wildman–Crippen MR) is 98.3 cm³/mol. The molecule has 2 aliphatic heterocycles. The van der Waals surface area contributed by atoms with Gasteiger partial charge in [-0.1, -0.05) is 6.08 Å². The first-order chi connectivity index (χ1) is 13.0. The van der Waals surface area contributed by atoms with Gasteiger partial charge >= 0.3 is 0 Å². The van der Waals surface area contributed by atoms with Crippen LogP contribution in [0, 0.1) is 16.0 Å². The summed E-state index contributed by atoms with van der Waals surface area (Å²) in [6, 6.07) is 5.62. The summed E-state index contributed by atoms with van der Waals surface area (Å²) in [5.74, 6) is -0.789. The summed E-state index contributed by atoms with van der Waals surface area (Å²) >= 11 is 0. The molecule has 2 aliphatic rings.